The number of rotatable bonds is 2. The van der Waals surface area contributed by atoms with Crippen molar-refractivity contribution in [2.24, 2.45) is 0 Å². The molecule has 0 fully saturated rings. The molecule has 2 aromatic rings. The summed E-state index contributed by atoms with van der Waals surface area (Å²) >= 11 is 5.90. The lowest BCUT2D eigenvalue weighted by Crippen LogP contribution is -1.94. The fourth-order valence-corrected chi connectivity index (χ4v) is 1.77. The summed E-state index contributed by atoms with van der Waals surface area (Å²) in [6, 6.07) is 13.4. The molecule has 16 heavy (non-hydrogen) atoms. The first kappa shape index (κ1) is 10.8. The molecule has 2 nitrogen and oxygen atoms in total. The Morgan fingerprint density at radius 2 is 1.94 bits per heavy atom. The SMILES string of the molecule is Cc1cc(Cl)ccc1Nc1cccc(N)c1. The van der Waals surface area contributed by atoms with Gasteiger partial charge in [0, 0.05) is 22.1 Å². The molecule has 2 aromatic carbocycles. The third-order valence-electron chi connectivity index (χ3n) is 2.35. The van der Waals surface area contributed by atoms with Crippen molar-refractivity contribution in [1.29, 1.82) is 0 Å². The van der Waals surface area contributed by atoms with Gasteiger partial charge in [0.05, 0.1) is 0 Å². The Bertz CT molecular complexity index is 509. The number of aryl methyl sites for hydroxylation is 1. The minimum atomic E-state index is 0.746. The predicted octanol–water partition coefficient (Wildman–Crippen LogP) is 3.97. The van der Waals surface area contributed by atoms with Crippen molar-refractivity contribution in [3.05, 3.63) is 53.1 Å². The molecule has 0 heterocycles. The van der Waals surface area contributed by atoms with Crippen LogP contribution in [0.2, 0.25) is 5.02 Å². The Labute approximate surface area is 100 Å². The largest absolute Gasteiger partial charge is 0.399 e. The van der Waals surface area contributed by atoms with E-state index in [9.17, 15) is 0 Å². The van der Waals surface area contributed by atoms with Crippen LogP contribution in [0.1, 0.15) is 5.56 Å². The van der Waals surface area contributed by atoms with Crippen LogP contribution in [0.5, 0.6) is 0 Å². The Balaban J connectivity index is 2.27. The van der Waals surface area contributed by atoms with E-state index in [1.54, 1.807) is 0 Å². The maximum Gasteiger partial charge on any atom is 0.0414 e. The summed E-state index contributed by atoms with van der Waals surface area (Å²) in [5, 5.41) is 4.05. The third-order valence-corrected chi connectivity index (χ3v) is 2.59. The van der Waals surface area contributed by atoms with Gasteiger partial charge in [-0.25, -0.2) is 0 Å². The van der Waals surface area contributed by atoms with E-state index in [1.165, 1.54) is 0 Å². The van der Waals surface area contributed by atoms with Crippen LogP contribution >= 0.6 is 11.6 Å². The van der Waals surface area contributed by atoms with E-state index in [0.29, 0.717) is 0 Å². The van der Waals surface area contributed by atoms with E-state index in [1.807, 2.05) is 49.4 Å². The summed E-state index contributed by atoms with van der Waals surface area (Å²) in [6.07, 6.45) is 0. The second kappa shape index (κ2) is 4.45. The molecule has 0 aliphatic carbocycles. The van der Waals surface area contributed by atoms with Crippen LogP contribution in [0.3, 0.4) is 0 Å². The normalized spacial score (nSPS) is 10.1. The highest BCUT2D eigenvalue weighted by Crippen LogP contribution is 2.24. The molecule has 0 aliphatic heterocycles. The fourth-order valence-electron chi connectivity index (χ4n) is 1.54. The number of hydrogen-bond donors (Lipinski definition) is 2. The van der Waals surface area contributed by atoms with Gasteiger partial charge in [-0.05, 0) is 48.9 Å². The average Bonchev–Trinajstić information content (AvgIpc) is 2.22. The summed E-state index contributed by atoms with van der Waals surface area (Å²) in [5.41, 5.74) is 9.58. The smallest absolute Gasteiger partial charge is 0.0414 e. The fraction of sp³-hybridized carbons (Fsp3) is 0.0769. The van der Waals surface area contributed by atoms with Gasteiger partial charge in [-0.3, -0.25) is 0 Å². The minimum Gasteiger partial charge on any atom is -0.399 e. The van der Waals surface area contributed by atoms with Crippen LogP contribution in [0.25, 0.3) is 0 Å². The van der Waals surface area contributed by atoms with Crippen LogP contribution in [-0.4, -0.2) is 0 Å². The van der Waals surface area contributed by atoms with Crippen molar-refractivity contribution in [1.82, 2.24) is 0 Å². The first-order chi connectivity index (χ1) is 7.65. The first-order valence-corrected chi connectivity index (χ1v) is 5.42. The lowest BCUT2D eigenvalue weighted by Gasteiger charge is -2.10. The van der Waals surface area contributed by atoms with Crippen LogP contribution in [0.15, 0.2) is 42.5 Å². The number of anilines is 3. The van der Waals surface area contributed by atoms with Gasteiger partial charge >= 0.3 is 0 Å². The molecule has 2 rings (SSSR count). The minimum absolute atomic E-state index is 0.746. The van der Waals surface area contributed by atoms with E-state index in [2.05, 4.69) is 5.32 Å². The van der Waals surface area contributed by atoms with Gasteiger partial charge in [0.25, 0.3) is 0 Å². The van der Waals surface area contributed by atoms with Gasteiger partial charge in [0.15, 0.2) is 0 Å². The highest BCUT2D eigenvalue weighted by Gasteiger charge is 1.99. The summed E-state index contributed by atoms with van der Waals surface area (Å²) in [4.78, 5) is 0. The number of halogens is 1. The Hall–Kier alpha value is -1.67. The summed E-state index contributed by atoms with van der Waals surface area (Å²) in [5.74, 6) is 0. The molecule has 0 bridgehead atoms. The van der Waals surface area contributed by atoms with E-state index in [-0.39, 0.29) is 0 Å². The molecule has 0 aromatic heterocycles. The monoisotopic (exact) mass is 232 g/mol. The van der Waals surface area contributed by atoms with Crippen molar-refractivity contribution in [2.75, 3.05) is 11.1 Å². The molecular formula is C13H13ClN2. The van der Waals surface area contributed by atoms with Crippen molar-refractivity contribution >= 4 is 28.7 Å². The van der Waals surface area contributed by atoms with Crippen molar-refractivity contribution in [3.63, 3.8) is 0 Å². The second-order valence-corrected chi connectivity index (χ2v) is 4.15. The molecule has 3 N–H and O–H groups in total. The zero-order chi connectivity index (χ0) is 11.5. The summed E-state index contributed by atoms with van der Waals surface area (Å²) < 4.78 is 0. The van der Waals surface area contributed by atoms with Crippen LogP contribution in [-0.2, 0) is 0 Å². The Kier molecular flexibility index (Phi) is 3.02. The lowest BCUT2D eigenvalue weighted by molar-refractivity contribution is 1.43. The van der Waals surface area contributed by atoms with E-state index in [0.717, 1.165) is 27.6 Å². The van der Waals surface area contributed by atoms with Crippen LogP contribution in [0, 0.1) is 6.92 Å². The Morgan fingerprint density at radius 1 is 1.12 bits per heavy atom. The predicted molar refractivity (Wildman–Crippen MR) is 70.3 cm³/mol. The van der Waals surface area contributed by atoms with Gasteiger partial charge in [-0.2, -0.15) is 0 Å². The number of hydrogen-bond acceptors (Lipinski definition) is 2. The second-order valence-electron chi connectivity index (χ2n) is 3.71. The molecule has 0 aliphatic rings. The highest BCUT2D eigenvalue weighted by atomic mass is 35.5. The van der Waals surface area contributed by atoms with Crippen LogP contribution in [0.4, 0.5) is 17.1 Å². The molecule has 0 saturated heterocycles. The molecule has 0 atom stereocenters. The number of nitrogens with one attached hydrogen (secondary N) is 1. The molecular weight excluding hydrogens is 220 g/mol. The molecule has 0 saturated carbocycles. The topological polar surface area (TPSA) is 38.0 Å². The molecule has 82 valence electrons. The van der Waals surface area contributed by atoms with Crippen molar-refractivity contribution < 1.29 is 0 Å². The zero-order valence-corrected chi connectivity index (χ0v) is 9.75. The average molecular weight is 233 g/mol. The van der Waals surface area contributed by atoms with Crippen molar-refractivity contribution in [2.45, 2.75) is 6.92 Å². The quantitative estimate of drug-likeness (QED) is 0.769. The summed E-state index contributed by atoms with van der Waals surface area (Å²) in [7, 11) is 0. The number of nitrogens with two attached hydrogens (primary N) is 1. The van der Waals surface area contributed by atoms with E-state index < -0.39 is 0 Å². The molecule has 0 amide bonds. The Morgan fingerprint density at radius 3 is 2.62 bits per heavy atom. The zero-order valence-electron chi connectivity index (χ0n) is 9.00. The van der Waals surface area contributed by atoms with Gasteiger partial charge < -0.3 is 11.1 Å². The van der Waals surface area contributed by atoms with E-state index in [4.69, 9.17) is 17.3 Å². The lowest BCUT2D eigenvalue weighted by atomic mass is 10.2. The van der Waals surface area contributed by atoms with Gasteiger partial charge in [0.2, 0.25) is 0 Å². The summed E-state index contributed by atoms with van der Waals surface area (Å²) in [6.45, 7) is 2.01. The maximum atomic E-state index is 5.90. The molecule has 3 heteroatoms. The standard InChI is InChI=1S/C13H13ClN2/c1-9-7-10(14)5-6-13(9)16-12-4-2-3-11(15)8-12/h2-8,16H,15H2,1H3. The first-order valence-electron chi connectivity index (χ1n) is 5.04. The van der Waals surface area contributed by atoms with Gasteiger partial charge in [-0.15, -0.1) is 0 Å². The van der Waals surface area contributed by atoms with E-state index >= 15 is 0 Å². The van der Waals surface area contributed by atoms with Gasteiger partial charge in [0.1, 0.15) is 0 Å². The number of benzene rings is 2. The number of nitrogen functional groups attached to an aromatic ring is 1. The van der Waals surface area contributed by atoms with Crippen molar-refractivity contribution in [3.8, 4) is 0 Å². The van der Waals surface area contributed by atoms with Crippen LogP contribution < -0.4 is 11.1 Å². The maximum absolute atomic E-state index is 5.90. The molecule has 0 unspecified atom stereocenters. The van der Waals surface area contributed by atoms with Gasteiger partial charge in [-0.1, -0.05) is 17.7 Å². The molecule has 0 radical (unpaired) electrons. The third kappa shape index (κ3) is 2.47. The highest BCUT2D eigenvalue weighted by molar-refractivity contribution is 6.30. The molecule has 0 spiro atoms.